The minimum Gasteiger partial charge on any atom is -0.382 e. The molecule has 2 heterocycles. The van der Waals surface area contributed by atoms with Crippen LogP contribution in [0.5, 0.6) is 0 Å². The zero-order chi connectivity index (χ0) is 14.5. The van der Waals surface area contributed by atoms with Crippen LogP contribution in [-0.4, -0.2) is 17.4 Å². The molecule has 1 atom stereocenters. The Hall–Kier alpha value is -1.60. The highest BCUT2D eigenvalue weighted by Gasteiger charge is 2.18. The van der Waals surface area contributed by atoms with Gasteiger partial charge in [0.05, 0.1) is 6.04 Å². The predicted molar refractivity (Wildman–Crippen MR) is 85.5 cm³/mol. The summed E-state index contributed by atoms with van der Waals surface area (Å²) in [5.74, 6) is 0.106. The number of hydrogen-bond acceptors (Lipinski definition) is 6. The summed E-state index contributed by atoms with van der Waals surface area (Å²) in [6, 6.07) is 3.94. The van der Waals surface area contributed by atoms with Crippen molar-refractivity contribution in [1.82, 2.24) is 10.3 Å². The lowest BCUT2D eigenvalue weighted by molar-refractivity contribution is 0.0945. The highest BCUT2D eigenvalue weighted by Crippen LogP contribution is 2.26. The van der Waals surface area contributed by atoms with Crippen molar-refractivity contribution in [3.05, 3.63) is 27.3 Å². The van der Waals surface area contributed by atoms with Crippen LogP contribution in [0.15, 0.2) is 17.5 Å². The fourth-order valence-corrected chi connectivity index (χ4v) is 3.22. The second-order valence-corrected chi connectivity index (χ2v) is 6.35. The van der Waals surface area contributed by atoms with Crippen molar-refractivity contribution in [3.63, 3.8) is 0 Å². The first-order chi connectivity index (χ1) is 9.61. The smallest absolute Gasteiger partial charge is 0.265 e. The van der Waals surface area contributed by atoms with E-state index in [4.69, 9.17) is 5.73 Å². The number of thiophene rings is 1. The van der Waals surface area contributed by atoms with Gasteiger partial charge in [0.2, 0.25) is 0 Å². The summed E-state index contributed by atoms with van der Waals surface area (Å²) in [5, 5.41) is 8.77. The quantitative estimate of drug-likeness (QED) is 0.766. The molecule has 2 aromatic heterocycles. The molecule has 0 aromatic carbocycles. The van der Waals surface area contributed by atoms with Crippen LogP contribution in [0.1, 0.15) is 40.9 Å². The van der Waals surface area contributed by atoms with E-state index in [1.54, 1.807) is 11.3 Å². The summed E-state index contributed by atoms with van der Waals surface area (Å²) in [6.45, 7) is 4.84. The standard InChI is InChI=1S/C13H18N4OS2/c1-3-6-15-13-17-11(14)10(20-13)12(18)16-8(2)9-5-4-7-19-9/h4-5,7-8H,3,6,14H2,1-2H3,(H,15,17)(H,16,18). The highest BCUT2D eigenvalue weighted by molar-refractivity contribution is 7.18. The minimum atomic E-state index is -0.176. The number of nitrogens with two attached hydrogens (primary N) is 1. The van der Waals surface area contributed by atoms with E-state index in [0.717, 1.165) is 17.8 Å². The fraction of sp³-hybridized carbons (Fsp3) is 0.385. The fourth-order valence-electron chi connectivity index (χ4n) is 1.67. The maximum Gasteiger partial charge on any atom is 0.265 e. The molecule has 20 heavy (non-hydrogen) atoms. The average Bonchev–Trinajstić information content (AvgIpc) is 3.05. The lowest BCUT2D eigenvalue weighted by Gasteiger charge is -2.11. The second-order valence-electron chi connectivity index (χ2n) is 4.37. The summed E-state index contributed by atoms with van der Waals surface area (Å²) in [5.41, 5.74) is 5.81. The zero-order valence-electron chi connectivity index (χ0n) is 11.5. The van der Waals surface area contributed by atoms with Crippen LogP contribution in [0.2, 0.25) is 0 Å². The lowest BCUT2D eigenvalue weighted by Crippen LogP contribution is -2.26. The number of nitrogen functional groups attached to an aromatic ring is 1. The molecule has 0 saturated heterocycles. The van der Waals surface area contributed by atoms with E-state index in [0.29, 0.717) is 10.0 Å². The van der Waals surface area contributed by atoms with Crippen LogP contribution < -0.4 is 16.4 Å². The molecule has 1 amide bonds. The Bertz CT molecular complexity index is 565. The molecule has 0 aliphatic heterocycles. The van der Waals surface area contributed by atoms with E-state index < -0.39 is 0 Å². The lowest BCUT2D eigenvalue weighted by atomic mass is 10.2. The summed E-state index contributed by atoms with van der Waals surface area (Å²) >= 11 is 2.91. The number of nitrogens with zero attached hydrogens (tertiary/aromatic N) is 1. The zero-order valence-corrected chi connectivity index (χ0v) is 13.1. The average molecular weight is 310 g/mol. The van der Waals surface area contributed by atoms with Gasteiger partial charge in [0.1, 0.15) is 10.7 Å². The molecule has 2 rings (SSSR count). The largest absolute Gasteiger partial charge is 0.382 e. The van der Waals surface area contributed by atoms with Crippen LogP contribution >= 0.6 is 22.7 Å². The van der Waals surface area contributed by atoms with Crippen molar-refractivity contribution >= 4 is 39.5 Å². The van der Waals surface area contributed by atoms with Gasteiger partial charge in [-0.05, 0) is 24.8 Å². The molecule has 4 N–H and O–H groups in total. The maximum absolute atomic E-state index is 12.2. The number of thiazole rings is 1. The van der Waals surface area contributed by atoms with Gasteiger partial charge < -0.3 is 16.4 Å². The van der Waals surface area contributed by atoms with E-state index in [9.17, 15) is 4.79 Å². The summed E-state index contributed by atoms with van der Waals surface area (Å²) in [4.78, 5) is 18.0. The first-order valence-corrected chi connectivity index (χ1v) is 8.15. The monoisotopic (exact) mass is 310 g/mol. The van der Waals surface area contributed by atoms with Crippen molar-refractivity contribution in [2.75, 3.05) is 17.6 Å². The van der Waals surface area contributed by atoms with Crippen LogP contribution in [-0.2, 0) is 0 Å². The number of anilines is 2. The number of aromatic nitrogens is 1. The number of nitrogens with one attached hydrogen (secondary N) is 2. The first kappa shape index (κ1) is 14.8. The Morgan fingerprint density at radius 2 is 2.35 bits per heavy atom. The van der Waals surface area contributed by atoms with Crippen molar-refractivity contribution in [3.8, 4) is 0 Å². The molecule has 0 aliphatic rings. The SMILES string of the molecule is CCCNc1nc(N)c(C(=O)NC(C)c2cccs2)s1. The predicted octanol–water partition coefficient (Wildman–Crippen LogP) is 3.10. The molecule has 108 valence electrons. The van der Waals surface area contributed by atoms with E-state index in [2.05, 4.69) is 22.5 Å². The normalized spacial score (nSPS) is 12.1. The molecule has 0 bridgehead atoms. The minimum absolute atomic E-state index is 0.0314. The van der Waals surface area contributed by atoms with Crippen molar-refractivity contribution < 1.29 is 4.79 Å². The maximum atomic E-state index is 12.2. The molecular formula is C13H18N4OS2. The van der Waals surface area contributed by atoms with Crippen molar-refractivity contribution in [1.29, 1.82) is 0 Å². The van der Waals surface area contributed by atoms with Gasteiger partial charge in [0, 0.05) is 11.4 Å². The van der Waals surface area contributed by atoms with Gasteiger partial charge >= 0.3 is 0 Å². The molecule has 0 radical (unpaired) electrons. The molecule has 0 saturated carbocycles. The van der Waals surface area contributed by atoms with Crippen molar-refractivity contribution in [2.45, 2.75) is 26.3 Å². The second kappa shape index (κ2) is 6.71. The number of amides is 1. The van der Waals surface area contributed by atoms with Gasteiger partial charge in [0.25, 0.3) is 5.91 Å². The molecule has 5 nitrogen and oxygen atoms in total. The molecule has 2 aromatic rings. The third-order valence-corrected chi connectivity index (χ3v) is 4.79. The van der Waals surface area contributed by atoms with Gasteiger partial charge in [-0.2, -0.15) is 0 Å². The number of rotatable bonds is 6. The highest BCUT2D eigenvalue weighted by atomic mass is 32.1. The van der Waals surface area contributed by atoms with Gasteiger partial charge in [-0.3, -0.25) is 4.79 Å². The van der Waals surface area contributed by atoms with Crippen LogP contribution in [0, 0.1) is 0 Å². The van der Waals surface area contributed by atoms with E-state index >= 15 is 0 Å². The van der Waals surface area contributed by atoms with Crippen LogP contribution in [0.4, 0.5) is 10.9 Å². The Labute approximate surface area is 126 Å². The topological polar surface area (TPSA) is 80.0 Å². The molecule has 0 fully saturated rings. The van der Waals surface area contributed by atoms with Gasteiger partial charge in [-0.25, -0.2) is 4.98 Å². The first-order valence-electron chi connectivity index (χ1n) is 6.46. The summed E-state index contributed by atoms with van der Waals surface area (Å²) in [6.07, 6.45) is 0.996. The van der Waals surface area contributed by atoms with Crippen molar-refractivity contribution in [2.24, 2.45) is 0 Å². The Morgan fingerprint density at radius 1 is 1.55 bits per heavy atom. The van der Waals surface area contributed by atoms with Gasteiger partial charge in [-0.15, -0.1) is 11.3 Å². The summed E-state index contributed by atoms with van der Waals surface area (Å²) in [7, 11) is 0. The number of hydrogen-bond donors (Lipinski definition) is 3. The molecule has 0 spiro atoms. The third kappa shape index (κ3) is 3.49. The molecule has 7 heteroatoms. The number of carbonyl (C=O) groups excluding carboxylic acids is 1. The molecule has 1 unspecified atom stereocenters. The third-order valence-electron chi connectivity index (χ3n) is 2.70. The summed E-state index contributed by atoms with van der Waals surface area (Å²) < 4.78 is 0. The Balaban J connectivity index is 2.03. The van der Waals surface area contributed by atoms with Crippen LogP contribution in [0.25, 0.3) is 0 Å². The molecular weight excluding hydrogens is 292 g/mol. The van der Waals surface area contributed by atoms with Crippen LogP contribution in [0.3, 0.4) is 0 Å². The molecule has 0 aliphatic carbocycles. The van der Waals surface area contributed by atoms with Gasteiger partial charge in [0.15, 0.2) is 5.13 Å². The Morgan fingerprint density at radius 3 is 3.00 bits per heavy atom. The van der Waals surface area contributed by atoms with Gasteiger partial charge in [-0.1, -0.05) is 24.3 Å². The van der Waals surface area contributed by atoms with E-state index in [1.165, 1.54) is 11.3 Å². The Kier molecular flexibility index (Phi) is 4.97. The van der Waals surface area contributed by atoms with E-state index in [1.807, 2.05) is 24.4 Å². The number of carbonyl (C=O) groups is 1. The van der Waals surface area contributed by atoms with E-state index in [-0.39, 0.29) is 17.8 Å².